The number of primary amides is 1. The molecule has 162 valence electrons. The molecule has 0 aliphatic carbocycles. The lowest BCUT2D eigenvalue weighted by Crippen LogP contribution is -2.17. The molecule has 0 radical (unpaired) electrons. The third kappa shape index (κ3) is 4.19. The van der Waals surface area contributed by atoms with Crippen LogP contribution in [0.15, 0.2) is 60.9 Å². The van der Waals surface area contributed by atoms with Gasteiger partial charge in [-0.05, 0) is 55.0 Å². The fourth-order valence-corrected chi connectivity index (χ4v) is 3.23. The second-order valence-corrected chi connectivity index (χ2v) is 7.17. The van der Waals surface area contributed by atoms with E-state index in [4.69, 9.17) is 11.5 Å². The number of aromatic nitrogens is 4. The number of nitrogens with one attached hydrogen (secondary N) is 1. The summed E-state index contributed by atoms with van der Waals surface area (Å²) in [7, 11) is 1.84. The van der Waals surface area contributed by atoms with E-state index < -0.39 is 11.7 Å². The molecule has 0 aliphatic heterocycles. The van der Waals surface area contributed by atoms with Crippen LogP contribution in [0, 0.1) is 12.7 Å². The van der Waals surface area contributed by atoms with E-state index in [0.29, 0.717) is 16.9 Å². The molecule has 0 bridgehead atoms. The molecule has 0 aliphatic rings. The van der Waals surface area contributed by atoms with E-state index in [-0.39, 0.29) is 11.8 Å². The summed E-state index contributed by atoms with van der Waals surface area (Å²) in [6.07, 6.45) is 2.70. The number of hydrogen-bond acceptors (Lipinski definition) is 7. The average molecular weight is 432 g/mol. The molecule has 2 aromatic heterocycles. The van der Waals surface area contributed by atoms with Crippen LogP contribution >= 0.6 is 0 Å². The van der Waals surface area contributed by atoms with E-state index in [1.54, 1.807) is 27.9 Å². The first-order valence-electron chi connectivity index (χ1n) is 9.66. The molecule has 0 saturated carbocycles. The third-order valence-corrected chi connectivity index (χ3v) is 4.78. The number of hydrogen-bond donors (Lipinski definition) is 3. The summed E-state index contributed by atoms with van der Waals surface area (Å²) in [6, 6.07) is 14.4. The summed E-state index contributed by atoms with van der Waals surface area (Å²) >= 11 is 0. The van der Waals surface area contributed by atoms with Crippen molar-refractivity contribution in [3.63, 3.8) is 0 Å². The van der Waals surface area contributed by atoms with Crippen LogP contribution in [0.4, 0.5) is 39.0 Å². The van der Waals surface area contributed by atoms with Gasteiger partial charge in [0.25, 0.3) is 0 Å². The van der Waals surface area contributed by atoms with E-state index in [9.17, 15) is 9.18 Å². The number of carbonyl (C=O) groups is 1. The molecule has 9 nitrogen and oxygen atoms in total. The molecule has 0 spiro atoms. The van der Waals surface area contributed by atoms with Crippen molar-refractivity contribution in [2.75, 3.05) is 16.0 Å². The number of carbonyl (C=O) groups excluding carboxylic acids is 1. The van der Waals surface area contributed by atoms with Crippen LogP contribution < -0.4 is 21.7 Å². The van der Waals surface area contributed by atoms with Gasteiger partial charge in [0.15, 0.2) is 11.6 Å². The lowest BCUT2D eigenvalue weighted by molar-refractivity contribution is 0.1000. The van der Waals surface area contributed by atoms with Crippen molar-refractivity contribution in [3.8, 4) is 0 Å². The summed E-state index contributed by atoms with van der Waals surface area (Å²) in [5.74, 6) is -0.583. The smallest absolute Gasteiger partial charge is 0.248 e. The number of nitrogens with two attached hydrogens (primary N) is 2. The minimum Gasteiger partial charge on any atom is -0.381 e. The fourth-order valence-electron chi connectivity index (χ4n) is 3.23. The second-order valence-electron chi connectivity index (χ2n) is 7.17. The van der Waals surface area contributed by atoms with Gasteiger partial charge >= 0.3 is 0 Å². The highest BCUT2D eigenvalue weighted by atomic mass is 19.1. The molecular weight excluding hydrogens is 411 g/mol. The van der Waals surface area contributed by atoms with Gasteiger partial charge in [0.1, 0.15) is 5.82 Å². The Morgan fingerprint density at radius 2 is 1.88 bits per heavy atom. The summed E-state index contributed by atoms with van der Waals surface area (Å²) in [6.45, 7) is 1.84. The van der Waals surface area contributed by atoms with E-state index in [1.807, 2.05) is 50.4 Å². The van der Waals surface area contributed by atoms with Gasteiger partial charge in [-0.1, -0.05) is 0 Å². The molecule has 2 aromatic carbocycles. The summed E-state index contributed by atoms with van der Waals surface area (Å²) in [5.41, 5.74) is 14.4. The topological polar surface area (TPSA) is 128 Å². The van der Waals surface area contributed by atoms with E-state index >= 15 is 0 Å². The minimum atomic E-state index is -0.716. The molecule has 0 unspecified atom stereocenters. The Labute approximate surface area is 183 Å². The number of nitrogens with zero attached hydrogens (tertiary/aromatic N) is 5. The van der Waals surface area contributed by atoms with Crippen molar-refractivity contribution in [2.24, 2.45) is 12.8 Å². The van der Waals surface area contributed by atoms with Crippen molar-refractivity contribution in [3.05, 3.63) is 77.9 Å². The van der Waals surface area contributed by atoms with Crippen LogP contribution in [0.1, 0.15) is 15.9 Å². The van der Waals surface area contributed by atoms with Gasteiger partial charge < -0.3 is 16.8 Å². The first-order chi connectivity index (χ1) is 15.3. The van der Waals surface area contributed by atoms with Crippen LogP contribution in [0.25, 0.3) is 0 Å². The molecule has 32 heavy (non-hydrogen) atoms. The SMILES string of the molecule is Cc1cc(C(N)=O)cc(N(c2ccc(Nc3ccnn3C)cc2)c2ncc(F)c(N)n2)c1. The summed E-state index contributed by atoms with van der Waals surface area (Å²) in [4.78, 5) is 21.7. The van der Waals surface area contributed by atoms with E-state index in [0.717, 1.165) is 23.3 Å². The number of rotatable bonds is 6. The molecule has 4 rings (SSSR count). The maximum Gasteiger partial charge on any atom is 0.248 e. The number of aryl methyl sites for hydroxylation is 2. The Kier molecular flexibility index (Phi) is 5.42. The highest BCUT2D eigenvalue weighted by molar-refractivity contribution is 5.94. The van der Waals surface area contributed by atoms with Crippen molar-refractivity contribution < 1.29 is 9.18 Å². The van der Waals surface area contributed by atoms with Crippen LogP contribution in [0.5, 0.6) is 0 Å². The Morgan fingerprint density at radius 3 is 2.50 bits per heavy atom. The van der Waals surface area contributed by atoms with Crippen LogP contribution in [-0.2, 0) is 7.05 Å². The molecule has 1 amide bonds. The van der Waals surface area contributed by atoms with Gasteiger partial charge in [0, 0.05) is 30.1 Å². The number of amides is 1. The van der Waals surface area contributed by atoms with Crippen molar-refractivity contribution >= 4 is 40.6 Å². The lowest BCUT2D eigenvalue weighted by Gasteiger charge is -2.24. The standard InChI is InChI=1S/C22H21FN8O/c1-13-9-14(21(25)32)11-17(10-13)31(22-26-12-18(23)20(24)29-22)16-5-3-15(4-6-16)28-19-7-8-27-30(19)2/h3-12,28H,1-2H3,(H2,25,32)(H2,24,26,29). The molecule has 10 heteroatoms. The van der Waals surface area contributed by atoms with Crippen molar-refractivity contribution in [2.45, 2.75) is 6.92 Å². The van der Waals surface area contributed by atoms with Crippen LogP contribution in [-0.4, -0.2) is 25.7 Å². The maximum atomic E-state index is 13.7. The molecule has 0 fully saturated rings. The van der Waals surface area contributed by atoms with Crippen molar-refractivity contribution in [1.82, 2.24) is 19.7 Å². The average Bonchev–Trinajstić information content (AvgIpc) is 3.16. The number of anilines is 6. The quantitative estimate of drug-likeness (QED) is 0.425. The lowest BCUT2D eigenvalue weighted by atomic mass is 10.1. The number of benzene rings is 2. The van der Waals surface area contributed by atoms with Crippen LogP contribution in [0.2, 0.25) is 0 Å². The van der Waals surface area contributed by atoms with Gasteiger partial charge in [-0.25, -0.2) is 9.37 Å². The van der Waals surface area contributed by atoms with Crippen LogP contribution in [0.3, 0.4) is 0 Å². The Morgan fingerprint density at radius 1 is 1.12 bits per heavy atom. The second kappa shape index (κ2) is 8.34. The van der Waals surface area contributed by atoms with E-state index in [1.165, 1.54) is 0 Å². The van der Waals surface area contributed by atoms with Crippen molar-refractivity contribution in [1.29, 1.82) is 0 Å². The zero-order valence-corrected chi connectivity index (χ0v) is 17.5. The number of halogens is 1. The molecule has 5 N–H and O–H groups in total. The Bertz CT molecular complexity index is 1290. The summed E-state index contributed by atoms with van der Waals surface area (Å²) in [5, 5.41) is 7.40. The zero-order chi connectivity index (χ0) is 22.8. The summed E-state index contributed by atoms with van der Waals surface area (Å²) < 4.78 is 15.4. The molecule has 2 heterocycles. The van der Waals surface area contributed by atoms with Gasteiger partial charge in [0.05, 0.1) is 18.1 Å². The molecule has 4 aromatic rings. The normalized spacial score (nSPS) is 10.7. The fraction of sp³-hybridized carbons (Fsp3) is 0.0909. The van der Waals surface area contributed by atoms with Gasteiger partial charge in [-0.3, -0.25) is 14.4 Å². The molecule has 0 saturated heterocycles. The molecular formula is C22H21FN8O. The van der Waals surface area contributed by atoms with Gasteiger partial charge in [0.2, 0.25) is 11.9 Å². The van der Waals surface area contributed by atoms with Gasteiger partial charge in [-0.15, -0.1) is 0 Å². The first-order valence-corrected chi connectivity index (χ1v) is 9.66. The Hall–Kier alpha value is -4.47. The minimum absolute atomic E-state index is 0.150. The zero-order valence-electron chi connectivity index (χ0n) is 17.5. The monoisotopic (exact) mass is 432 g/mol. The predicted molar refractivity (Wildman–Crippen MR) is 121 cm³/mol. The predicted octanol–water partition coefficient (Wildman–Crippen LogP) is 3.55. The highest BCUT2D eigenvalue weighted by Crippen LogP contribution is 2.34. The highest BCUT2D eigenvalue weighted by Gasteiger charge is 2.19. The maximum absolute atomic E-state index is 13.7. The number of nitrogen functional groups attached to an aromatic ring is 1. The first kappa shape index (κ1) is 20.8. The molecule has 0 atom stereocenters. The van der Waals surface area contributed by atoms with Gasteiger partial charge in [-0.2, -0.15) is 10.1 Å². The Balaban J connectivity index is 1.78. The third-order valence-electron chi connectivity index (χ3n) is 4.78. The largest absolute Gasteiger partial charge is 0.381 e. The van der Waals surface area contributed by atoms with E-state index in [2.05, 4.69) is 20.4 Å².